The number of ether oxygens (including phenoxy) is 2. The molecule has 8 heteroatoms. The van der Waals surface area contributed by atoms with E-state index in [0.717, 1.165) is 35.4 Å². The van der Waals surface area contributed by atoms with Crippen molar-refractivity contribution in [2.24, 2.45) is 0 Å². The van der Waals surface area contributed by atoms with Gasteiger partial charge in [0.15, 0.2) is 11.6 Å². The number of carbonyl (C=O) groups excluding carboxylic acids is 2. The summed E-state index contributed by atoms with van der Waals surface area (Å²) in [6.07, 6.45) is 1.58. The van der Waals surface area contributed by atoms with E-state index in [2.05, 4.69) is 0 Å². The normalized spacial score (nSPS) is 18.6. The van der Waals surface area contributed by atoms with Crippen LogP contribution in [0.1, 0.15) is 36.1 Å². The molecule has 2 heterocycles. The maximum absolute atomic E-state index is 14.1. The summed E-state index contributed by atoms with van der Waals surface area (Å²) in [5.41, 5.74) is 1.58. The van der Waals surface area contributed by atoms with Crippen LogP contribution < -0.4 is 14.4 Å². The number of Topliss-reactive ketones (excluding diaryl/α,β-unsaturated/α-hetero) is 1. The molecule has 0 radical (unpaired) electrons. The largest absolute Gasteiger partial charge is 0.507 e. The Morgan fingerprint density at radius 2 is 1.83 bits per heavy atom. The van der Waals surface area contributed by atoms with E-state index in [1.165, 1.54) is 6.07 Å². The Labute approximate surface area is 206 Å². The molecule has 0 aromatic heterocycles. The standard InChI is InChI=1S/C28H23F2NO5/c1-2-35-20-9-5-16(6-10-20)25-24(26(32)18-7-12-23-17(14-18)4-3-13-36-23)27(33)28(34)31(25)19-8-11-21(29)22(30)15-19/h5-12,14-15,25,32H,2-4,13H2,1H3/b26-24-. The lowest BCUT2D eigenvalue weighted by Gasteiger charge is -2.26. The van der Waals surface area contributed by atoms with Crippen LogP contribution in [0.4, 0.5) is 14.5 Å². The number of rotatable bonds is 5. The highest BCUT2D eigenvalue weighted by Gasteiger charge is 2.47. The maximum Gasteiger partial charge on any atom is 0.300 e. The summed E-state index contributed by atoms with van der Waals surface area (Å²) in [6.45, 7) is 2.90. The Balaban J connectivity index is 1.67. The molecule has 1 saturated heterocycles. The van der Waals surface area contributed by atoms with Crippen LogP contribution in [0.5, 0.6) is 11.5 Å². The van der Waals surface area contributed by atoms with E-state index < -0.39 is 29.4 Å². The minimum absolute atomic E-state index is 0.00669. The highest BCUT2D eigenvalue weighted by molar-refractivity contribution is 6.51. The lowest BCUT2D eigenvalue weighted by atomic mass is 9.93. The summed E-state index contributed by atoms with van der Waals surface area (Å²) in [5, 5.41) is 11.3. The summed E-state index contributed by atoms with van der Waals surface area (Å²) in [5.74, 6) is -3.18. The smallest absolute Gasteiger partial charge is 0.300 e. The third-order valence-electron chi connectivity index (χ3n) is 6.31. The molecule has 0 bridgehead atoms. The molecule has 0 saturated carbocycles. The fourth-order valence-electron chi connectivity index (χ4n) is 4.63. The Kier molecular flexibility index (Phi) is 6.18. The first-order chi connectivity index (χ1) is 17.4. The summed E-state index contributed by atoms with van der Waals surface area (Å²) in [7, 11) is 0. The summed E-state index contributed by atoms with van der Waals surface area (Å²) in [6, 6.07) is 13.7. The molecule has 1 unspecified atom stereocenters. The van der Waals surface area contributed by atoms with Gasteiger partial charge in [0, 0.05) is 17.3 Å². The summed E-state index contributed by atoms with van der Waals surface area (Å²) in [4.78, 5) is 27.6. The van der Waals surface area contributed by atoms with Gasteiger partial charge in [-0.3, -0.25) is 14.5 Å². The molecule has 36 heavy (non-hydrogen) atoms. The zero-order chi connectivity index (χ0) is 25.4. The van der Waals surface area contributed by atoms with Gasteiger partial charge in [-0.05, 0) is 73.4 Å². The summed E-state index contributed by atoms with van der Waals surface area (Å²) < 4.78 is 38.9. The van der Waals surface area contributed by atoms with E-state index in [-0.39, 0.29) is 17.0 Å². The molecule has 184 valence electrons. The van der Waals surface area contributed by atoms with E-state index >= 15 is 0 Å². The van der Waals surface area contributed by atoms with Crippen molar-refractivity contribution in [2.45, 2.75) is 25.8 Å². The molecule has 1 fully saturated rings. The predicted molar refractivity (Wildman–Crippen MR) is 129 cm³/mol. The molecular formula is C28H23F2NO5. The molecular weight excluding hydrogens is 468 g/mol. The van der Waals surface area contributed by atoms with Crippen LogP contribution in [0.2, 0.25) is 0 Å². The van der Waals surface area contributed by atoms with Crippen molar-refractivity contribution >= 4 is 23.1 Å². The van der Waals surface area contributed by atoms with Crippen LogP contribution in [0.15, 0.2) is 66.2 Å². The number of hydrogen-bond donors (Lipinski definition) is 1. The van der Waals surface area contributed by atoms with Gasteiger partial charge in [-0.2, -0.15) is 0 Å². The average Bonchev–Trinajstić information content (AvgIpc) is 3.16. The zero-order valence-electron chi connectivity index (χ0n) is 19.5. The quantitative estimate of drug-likeness (QED) is 0.297. The molecule has 3 aromatic rings. The first kappa shape index (κ1) is 23.5. The van der Waals surface area contributed by atoms with Crippen LogP contribution in [0, 0.1) is 11.6 Å². The molecule has 0 spiro atoms. The molecule has 5 rings (SSSR count). The molecule has 3 aromatic carbocycles. The minimum Gasteiger partial charge on any atom is -0.507 e. The number of aliphatic hydroxyl groups is 1. The van der Waals surface area contributed by atoms with Gasteiger partial charge in [0.2, 0.25) is 0 Å². The monoisotopic (exact) mass is 491 g/mol. The minimum atomic E-state index is -1.16. The second-order valence-electron chi connectivity index (χ2n) is 8.54. The maximum atomic E-state index is 14.1. The summed E-state index contributed by atoms with van der Waals surface area (Å²) >= 11 is 0. The van der Waals surface area contributed by atoms with Crippen molar-refractivity contribution in [3.8, 4) is 11.5 Å². The number of nitrogens with zero attached hydrogens (tertiary/aromatic N) is 1. The highest BCUT2D eigenvalue weighted by Crippen LogP contribution is 2.43. The lowest BCUT2D eigenvalue weighted by molar-refractivity contribution is -0.132. The molecule has 2 aliphatic heterocycles. The van der Waals surface area contributed by atoms with E-state index in [1.807, 2.05) is 6.92 Å². The number of carbonyl (C=O) groups is 2. The fraction of sp³-hybridized carbons (Fsp3) is 0.214. The van der Waals surface area contributed by atoms with Crippen molar-refractivity contribution in [3.63, 3.8) is 0 Å². The van der Waals surface area contributed by atoms with Gasteiger partial charge in [-0.25, -0.2) is 8.78 Å². The van der Waals surface area contributed by atoms with Crippen LogP contribution in [-0.4, -0.2) is 30.0 Å². The Morgan fingerprint density at radius 3 is 2.56 bits per heavy atom. The first-order valence-electron chi connectivity index (χ1n) is 11.6. The number of amides is 1. The second kappa shape index (κ2) is 9.45. The van der Waals surface area contributed by atoms with Crippen LogP contribution >= 0.6 is 0 Å². The molecule has 0 aliphatic carbocycles. The Hall–Kier alpha value is -4.20. The number of aliphatic hydroxyl groups excluding tert-OH is 1. The first-order valence-corrected chi connectivity index (χ1v) is 11.6. The van der Waals surface area contributed by atoms with E-state index in [4.69, 9.17) is 9.47 Å². The van der Waals surface area contributed by atoms with Crippen LogP contribution in [-0.2, 0) is 16.0 Å². The highest BCUT2D eigenvalue weighted by atomic mass is 19.2. The van der Waals surface area contributed by atoms with Crippen LogP contribution in [0.3, 0.4) is 0 Å². The molecule has 2 aliphatic rings. The van der Waals surface area contributed by atoms with Crippen molar-refractivity contribution in [1.29, 1.82) is 0 Å². The van der Waals surface area contributed by atoms with Gasteiger partial charge >= 0.3 is 0 Å². The van der Waals surface area contributed by atoms with Gasteiger partial charge in [-0.15, -0.1) is 0 Å². The van der Waals surface area contributed by atoms with Crippen molar-refractivity contribution in [2.75, 3.05) is 18.1 Å². The lowest BCUT2D eigenvalue weighted by Crippen LogP contribution is -2.29. The number of hydrogen-bond acceptors (Lipinski definition) is 5. The van der Waals surface area contributed by atoms with E-state index in [1.54, 1.807) is 42.5 Å². The SMILES string of the molecule is CCOc1ccc(C2/C(=C(/O)c3ccc4c(c3)CCCO4)C(=O)C(=O)N2c2ccc(F)c(F)c2)cc1. The van der Waals surface area contributed by atoms with Gasteiger partial charge in [0.05, 0.1) is 24.8 Å². The predicted octanol–water partition coefficient (Wildman–Crippen LogP) is 5.31. The number of benzene rings is 3. The number of anilines is 1. The van der Waals surface area contributed by atoms with E-state index in [0.29, 0.717) is 35.8 Å². The molecule has 1 N–H and O–H groups in total. The number of halogens is 2. The van der Waals surface area contributed by atoms with Crippen molar-refractivity contribution in [3.05, 3.63) is 94.6 Å². The van der Waals surface area contributed by atoms with Gasteiger partial charge in [0.25, 0.3) is 11.7 Å². The van der Waals surface area contributed by atoms with Gasteiger partial charge in [0.1, 0.15) is 17.3 Å². The Morgan fingerprint density at radius 1 is 1.06 bits per heavy atom. The number of fused-ring (bicyclic) bond motifs is 1. The van der Waals surface area contributed by atoms with Crippen molar-refractivity contribution in [1.82, 2.24) is 0 Å². The Bertz CT molecular complexity index is 1380. The third-order valence-corrected chi connectivity index (χ3v) is 6.31. The topological polar surface area (TPSA) is 76.1 Å². The number of aryl methyl sites for hydroxylation is 1. The second-order valence-corrected chi connectivity index (χ2v) is 8.54. The fourth-order valence-corrected chi connectivity index (χ4v) is 4.63. The van der Waals surface area contributed by atoms with Crippen molar-refractivity contribution < 1.29 is 33.0 Å². The van der Waals surface area contributed by atoms with Gasteiger partial charge < -0.3 is 14.6 Å². The van der Waals surface area contributed by atoms with Gasteiger partial charge in [-0.1, -0.05) is 12.1 Å². The zero-order valence-corrected chi connectivity index (χ0v) is 19.5. The third kappa shape index (κ3) is 4.08. The molecule has 1 amide bonds. The average molecular weight is 491 g/mol. The van der Waals surface area contributed by atoms with Crippen LogP contribution in [0.25, 0.3) is 5.76 Å². The molecule has 1 atom stereocenters. The number of ketones is 1. The molecule has 6 nitrogen and oxygen atoms in total. The van der Waals surface area contributed by atoms with E-state index in [9.17, 15) is 23.5 Å².